The summed E-state index contributed by atoms with van der Waals surface area (Å²) in [6, 6.07) is 22.1. The molecule has 0 saturated heterocycles. The molecule has 3 rings (SSSR count). The molecule has 0 unspecified atom stereocenters. The molecule has 120 valence electrons. The van der Waals surface area contributed by atoms with Crippen LogP contribution in [-0.4, -0.2) is 5.78 Å². The van der Waals surface area contributed by atoms with Gasteiger partial charge in [0.05, 0.1) is 0 Å². The molecule has 0 aliphatic carbocycles. The van der Waals surface area contributed by atoms with Gasteiger partial charge in [0.1, 0.15) is 5.82 Å². The molecular weight excluding hydrogens is 319 g/mol. The van der Waals surface area contributed by atoms with E-state index < -0.39 is 0 Å². The highest BCUT2D eigenvalue weighted by atomic mass is 32.2. The summed E-state index contributed by atoms with van der Waals surface area (Å²) in [7, 11) is 0. The van der Waals surface area contributed by atoms with Gasteiger partial charge in [0.25, 0.3) is 0 Å². The Morgan fingerprint density at radius 3 is 2.25 bits per heavy atom. The second-order valence-electron chi connectivity index (χ2n) is 5.59. The van der Waals surface area contributed by atoms with Crippen LogP contribution < -0.4 is 0 Å². The highest BCUT2D eigenvalue weighted by Crippen LogP contribution is 2.24. The van der Waals surface area contributed by atoms with E-state index in [0.717, 1.165) is 10.5 Å². The Morgan fingerprint density at radius 1 is 0.917 bits per heavy atom. The average molecular weight is 336 g/mol. The zero-order chi connectivity index (χ0) is 16.9. The molecule has 0 radical (unpaired) electrons. The molecule has 3 heteroatoms. The quantitative estimate of drug-likeness (QED) is 0.442. The van der Waals surface area contributed by atoms with E-state index in [-0.39, 0.29) is 11.6 Å². The van der Waals surface area contributed by atoms with Gasteiger partial charge in [-0.15, -0.1) is 11.8 Å². The van der Waals surface area contributed by atoms with Crippen molar-refractivity contribution in [1.29, 1.82) is 0 Å². The Kier molecular flexibility index (Phi) is 5.11. The monoisotopic (exact) mass is 336 g/mol. The summed E-state index contributed by atoms with van der Waals surface area (Å²) in [6.45, 7) is 1.76. The number of hydrogen-bond donors (Lipinski definition) is 0. The Bertz CT molecular complexity index is 841. The lowest BCUT2D eigenvalue weighted by molar-refractivity contribution is 0.103. The number of carbonyl (C=O) groups is 1. The number of halogens is 1. The van der Waals surface area contributed by atoms with Crippen LogP contribution in [0.25, 0.3) is 0 Å². The molecular formula is C21H17FOS. The van der Waals surface area contributed by atoms with Gasteiger partial charge in [0, 0.05) is 21.8 Å². The first-order chi connectivity index (χ1) is 11.6. The number of ketones is 1. The van der Waals surface area contributed by atoms with Crippen LogP contribution in [0.2, 0.25) is 0 Å². The molecule has 3 aromatic rings. The molecule has 0 amide bonds. The molecule has 0 heterocycles. The average Bonchev–Trinajstić information content (AvgIpc) is 2.63. The van der Waals surface area contributed by atoms with Crippen LogP contribution in [0.1, 0.15) is 27.0 Å². The lowest BCUT2D eigenvalue weighted by Gasteiger charge is -2.05. The maximum Gasteiger partial charge on any atom is 0.193 e. The normalized spacial score (nSPS) is 10.6. The van der Waals surface area contributed by atoms with E-state index in [1.54, 1.807) is 30.8 Å². The van der Waals surface area contributed by atoms with Crippen LogP contribution in [-0.2, 0) is 5.75 Å². The first kappa shape index (κ1) is 16.5. The van der Waals surface area contributed by atoms with Crippen molar-refractivity contribution >= 4 is 17.5 Å². The van der Waals surface area contributed by atoms with E-state index in [4.69, 9.17) is 0 Å². The highest BCUT2D eigenvalue weighted by Gasteiger charge is 2.08. The largest absolute Gasteiger partial charge is 0.289 e. The Morgan fingerprint density at radius 2 is 1.58 bits per heavy atom. The summed E-state index contributed by atoms with van der Waals surface area (Å²) < 4.78 is 13.6. The van der Waals surface area contributed by atoms with Gasteiger partial charge in [-0.1, -0.05) is 42.5 Å². The third-order valence-corrected chi connectivity index (χ3v) is 4.88. The molecule has 0 bridgehead atoms. The van der Waals surface area contributed by atoms with Gasteiger partial charge in [-0.2, -0.15) is 0 Å². The summed E-state index contributed by atoms with van der Waals surface area (Å²) in [5.41, 5.74) is 2.97. The van der Waals surface area contributed by atoms with Gasteiger partial charge in [0.2, 0.25) is 0 Å². The molecule has 0 saturated carbocycles. The predicted molar refractivity (Wildman–Crippen MR) is 97.0 cm³/mol. The van der Waals surface area contributed by atoms with Crippen molar-refractivity contribution in [2.75, 3.05) is 0 Å². The lowest BCUT2D eigenvalue weighted by atomic mass is 10.0. The van der Waals surface area contributed by atoms with Gasteiger partial charge >= 0.3 is 0 Å². The van der Waals surface area contributed by atoms with Gasteiger partial charge < -0.3 is 0 Å². The summed E-state index contributed by atoms with van der Waals surface area (Å²) in [6.07, 6.45) is 0. The van der Waals surface area contributed by atoms with Crippen LogP contribution in [0.4, 0.5) is 4.39 Å². The Labute approximate surface area is 145 Å². The van der Waals surface area contributed by atoms with Crippen molar-refractivity contribution in [2.24, 2.45) is 0 Å². The number of aryl methyl sites for hydroxylation is 1. The molecule has 24 heavy (non-hydrogen) atoms. The van der Waals surface area contributed by atoms with Gasteiger partial charge in [-0.05, 0) is 48.4 Å². The highest BCUT2D eigenvalue weighted by molar-refractivity contribution is 7.98. The molecule has 1 nitrogen and oxygen atoms in total. The van der Waals surface area contributed by atoms with E-state index in [2.05, 4.69) is 0 Å². The van der Waals surface area contributed by atoms with E-state index >= 15 is 0 Å². The van der Waals surface area contributed by atoms with Gasteiger partial charge in [-0.3, -0.25) is 4.79 Å². The van der Waals surface area contributed by atoms with Crippen molar-refractivity contribution in [3.8, 4) is 0 Å². The standard InChI is InChI=1S/C21H17FOS/c1-15-7-8-16(13-20(15)22)14-24-19-11-9-18(10-12-19)21(23)17-5-3-2-4-6-17/h2-13H,14H2,1H3. The molecule has 0 aliphatic rings. The fraction of sp³-hybridized carbons (Fsp3) is 0.0952. The van der Waals surface area contributed by atoms with E-state index in [1.165, 1.54) is 0 Å². The molecule has 3 aromatic carbocycles. The number of rotatable bonds is 5. The van der Waals surface area contributed by atoms with Crippen LogP contribution in [0.5, 0.6) is 0 Å². The van der Waals surface area contributed by atoms with Crippen molar-refractivity contribution in [2.45, 2.75) is 17.6 Å². The van der Waals surface area contributed by atoms with Crippen LogP contribution >= 0.6 is 11.8 Å². The third-order valence-electron chi connectivity index (χ3n) is 3.79. The van der Waals surface area contributed by atoms with Crippen LogP contribution in [0, 0.1) is 12.7 Å². The van der Waals surface area contributed by atoms with Gasteiger partial charge in [-0.25, -0.2) is 4.39 Å². The second kappa shape index (κ2) is 7.45. The number of thioether (sulfide) groups is 1. The minimum absolute atomic E-state index is 0.0211. The SMILES string of the molecule is Cc1ccc(CSc2ccc(C(=O)c3ccccc3)cc2)cc1F. The topological polar surface area (TPSA) is 17.1 Å². The predicted octanol–water partition coefficient (Wildman–Crippen LogP) is 5.66. The molecule has 0 aromatic heterocycles. The lowest BCUT2D eigenvalue weighted by Crippen LogP contribution is -2.00. The van der Waals surface area contributed by atoms with Crippen LogP contribution in [0.15, 0.2) is 77.7 Å². The number of benzene rings is 3. The van der Waals surface area contributed by atoms with E-state index in [1.807, 2.05) is 60.7 Å². The molecule has 0 atom stereocenters. The minimum Gasteiger partial charge on any atom is -0.289 e. The summed E-state index contributed by atoms with van der Waals surface area (Å²) in [5, 5.41) is 0. The third kappa shape index (κ3) is 3.92. The smallest absolute Gasteiger partial charge is 0.193 e. The van der Waals surface area contributed by atoms with Crippen molar-refractivity contribution < 1.29 is 9.18 Å². The first-order valence-corrected chi connectivity index (χ1v) is 8.70. The maximum atomic E-state index is 13.6. The van der Waals surface area contributed by atoms with Crippen molar-refractivity contribution in [3.05, 3.63) is 101 Å². The molecule has 0 N–H and O–H groups in total. The first-order valence-electron chi connectivity index (χ1n) is 7.71. The van der Waals surface area contributed by atoms with Crippen molar-refractivity contribution in [1.82, 2.24) is 0 Å². The van der Waals surface area contributed by atoms with E-state index in [9.17, 15) is 9.18 Å². The number of hydrogen-bond acceptors (Lipinski definition) is 2. The van der Waals surface area contributed by atoms with Gasteiger partial charge in [0.15, 0.2) is 5.78 Å². The fourth-order valence-electron chi connectivity index (χ4n) is 2.35. The second-order valence-corrected chi connectivity index (χ2v) is 6.64. The Balaban J connectivity index is 1.66. The fourth-order valence-corrected chi connectivity index (χ4v) is 3.19. The summed E-state index contributed by atoms with van der Waals surface area (Å²) in [5.74, 6) is 0.549. The zero-order valence-electron chi connectivity index (χ0n) is 13.3. The molecule has 0 aliphatic heterocycles. The minimum atomic E-state index is -0.170. The van der Waals surface area contributed by atoms with Crippen molar-refractivity contribution in [3.63, 3.8) is 0 Å². The summed E-state index contributed by atoms with van der Waals surface area (Å²) in [4.78, 5) is 13.4. The zero-order valence-corrected chi connectivity index (χ0v) is 14.1. The Hall–Kier alpha value is -2.39. The van der Waals surface area contributed by atoms with Crippen LogP contribution in [0.3, 0.4) is 0 Å². The maximum absolute atomic E-state index is 13.6. The number of carbonyl (C=O) groups excluding carboxylic acids is 1. The van der Waals surface area contributed by atoms with E-state index in [0.29, 0.717) is 22.4 Å². The summed E-state index contributed by atoms with van der Waals surface area (Å²) >= 11 is 1.63. The molecule has 0 fully saturated rings. The molecule has 0 spiro atoms.